The molecule has 0 spiro atoms. The number of hydrogen-bond acceptors (Lipinski definition) is 2. The number of H-pyrrole nitrogens is 1. The van der Waals surface area contributed by atoms with Gasteiger partial charge in [0.25, 0.3) is 0 Å². The largest absolute Gasteiger partial charge is 0.337 e. The molecule has 4 aromatic rings. The van der Waals surface area contributed by atoms with Crippen LogP contribution in [-0.2, 0) is 0 Å². The van der Waals surface area contributed by atoms with Gasteiger partial charge >= 0.3 is 0 Å². The minimum Gasteiger partial charge on any atom is -0.337 e. The maximum Gasteiger partial charge on any atom is 0.149 e. The van der Waals surface area contributed by atoms with E-state index in [-0.39, 0.29) is 0 Å². The highest BCUT2D eigenvalue weighted by Gasteiger charge is 2.11. The number of nitriles is 1. The molecule has 4 rings (SSSR count). The first kappa shape index (κ1) is 16.9. The summed E-state index contributed by atoms with van der Waals surface area (Å²) < 4.78 is 2.10. The van der Waals surface area contributed by atoms with E-state index in [9.17, 15) is 5.26 Å². The Hall–Kier alpha value is -3.58. The van der Waals surface area contributed by atoms with Crippen molar-refractivity contribution in [3.63, 3.8) is 0 Å². The van der Waals surface area contributed by atoms with Crippen molar-refractivity contribution in [2.24, 2.45) is 0 Å². The molecule has 0 fully saturated rings. The van der Waals surface area contributed by atoms with Crippen LogP contribution in [0.15, 0.2) is 54.7 Å². The first-order valence-corrected chi connectivity index (χ1v) is 8.89. The highest BCUT2D eigenvalue weighted by Crippen LogP contribution is 2.24. The monoisotopic (exact) mass is 352 g/mol. The van der Waals surface area contributed by atoms with Crippen molar-refractivity contribution in [3.05, 3.63) is 82.9 Å². The van der Waals surface area contributed by atoms with E-state index in [4.69, 9.17) is 0 Å². The minimum absolute atomic E-state index is 0.508. The average Bonchev–Trinajstić information content (AvgIpc) is 3.28. The summed E-state index contributed by atoms with van der Waals surface area (Å²) in [4.78, 5) is 7.85. The molecule has 0 amide bonds. The molecule has 0 saturated heterocycles. The Morgan fingerprint density at radius 1 is 1.11 bits per heavy atom. The zero-order chi connectivity index (χ0) is 19.0. The average molecular weight is 352 g/mol. The summed E-state index contributed by atoms with van der Waals surface area (Å²) in [6.45, 7) is 6.26. The Labute approximate surface area is 158 Å². The van der Waals surface area contributed by atoms with E-state index in [2.05, 4.69) is 52.7 Å². The van der Waals surface area contributed by atoms with Gasteiger partial charge in [-0.25, -0.2) is 4.98 Å². The van der Waals surface area contributed by atoms with E-state index in [0.29, 0.717) is 11.4 Å². The van der Waals surface area contributed by atoms with Crippen molar-refractivity contribution in [3.8, 4) is 11.8 Å². The molecule has 0 aliphatic carbocycles. The number of benzene rings is 2. The lowest BCUT2D eigenvalue weighted by Crippen LogP contribution is -1.99. The van der Waals surface area contributed by atoms with E-state index in [0.717, 1.165) is 28.0 Å². The number of aryl methyl sites for hydroxylation is 2. The maximum absolute atomic E-state index is 9.73. The third kappa shape index (κ3) is 3.04. The molecule has 2 aromatic carbocycles. The van der Waals surface area contributed by atoms with Crippen LogP contribution in [0, 0.1) is 32.1 Å². The van der Waals surface area contributed by atoms with E-state index in [1.807, 2.05) is 49.5 Å². The molecule has 0 unspecified atom stereocenters. The van der Waals surface area contributed by atoms with Crippen molar-refractivity contribution in [1.29, 1.82) is 5.26 Å². The fraction of sp³-hybridized carbons (Fsp3) is 0.130. The third-order valence-corrected chi connectivity index (χ3v) is 4.92. The van der Waals surface area contributed by atoms with Gasteiger partial charge in [-0.1, -0.05) is 18.2 Å². The molecule has 0 aliphatic heterocycles. The summed E-state index contributed by atoms with van der Waals surface area (Å²) in [5.74, 6) is 0.590. The van der Waals surface area contributed by atoms with Crippen LogP contribution in [0.5, 0.6) is 0 Å². The summed E-state index contributed by atoms with van der Waals surface area (Å²) in [6, 6.07) is 18.6. The summed E-state index contributed by atoms with van der Waals surface area (Å²) in [5.41, 5.74) is 7.99. The molecular formula is C23H20N4. The van der Waals surface area contributed by atoms with Gasteiger partial charge in [-0.15, -0.1) is 0 Å². The fourth-order valence-corrected chi connectivity index (χ4v) is 3.28. The first-order chi connectivity index (χ1) is 13.1. The number of nitrogens with one attached hydrogen (secondary N) is 1. The summed E-state index contributed by atoms with van der Waals surface area (Å²) in [6.07, 6.45) is 3.90. The Morgan fingerprint density at radius 2 is 1.96 bits per heavy atom. The molecule has 0 radical (unpaired) electrons. The predicted octanol–water partition coefficient (Wildman–Crippen LogP) is 5.34. The van der Waals surface area contributed by atoms with Gasteiger partial charge in [-0.2, -0.15) is 5.26 Å². The molecule has 2 aromatic heterocycles. The SMILES string of the molecule is Cc1ccc2nc(C(C#N)=Cc3cccn3-c3cccc(C)c3C)[nH]c2c1. The van der Waals surface area contributed by atoms with Gasteiger partial charge in [-0.3, -0.25) is 0 Å². The van der Waals surface area contributed by atoms with Gasteiger partial charge in [0.1, 0.15) is 11.9 Å². The molecule has 132 valence electrons. The van der Waals surface area contributed by atoms with Gasteiger partial charge in [0.2, 0.25) is 0 Å². The van der Waals surface area contributed by atoms with Crippen LogP contribution in [0.3, 0.4) is 0 Å². The number of aromatic nitrogens is 3. The van der Waals surface area contributed by atoms with Crippen molar-refractivity contribution in [2.45, 2.75) is 20.8 Å². The number of imidazole rings is 1. The van der Waals surface area contributed by atoms with Gasteiger partial charge in [0.05, 0.1) is 16.6 Å². The molecule has 2 heterocycles. The smallest absolute Gasteiger partial charge is 0.149 e. The Balaban J connectivity index is 1.81. The zero-order valence-electron chi connectivity index (χ0n) is 15.6. The molecule has 0 saturated carbocycles. The van der Waals surface area contributed by atoms with Crippen LogP contribution in [0.2, 0.25) is 0 Å². The maximum atomic E-state index is 9.73. The zero-order valence-corrected chi connectivity index (χ0v) is 15.6. The lowest BCUT2D eigenvalue weighted by molar-refractivity contribution is 1.04. The van der Waals surface area contributed by atoms with Crippen molar-refractivity contribution in [1.82, 2.24) is 14.5 Å². The predicted molar refractivity (Wildman–Crippen MR) is 110 cm³/mol. The number of nitrogens with zero attached hydrogens (tertiary/aromatic N) is 3. The second kappa shape index (κ2) is 6.62. The lowest BCUT2D eigenvalue weighted by atomic mass is 10.1. The van der Waals surface area contributed by atoms with Crippen LogP contribution in [0.25, 0.3) is 28.4 Å². The standard InChI is InChI=1S/C23H20N4/c1-15-9-10-20-21(12-15)26-23(25-20)18(14-24)13-19-7-5-11-27(19)22-8-4-6-16(2)17(22)3/h4-13H,1-3H3,(H,25,26). The van der Waals surface area contributed by atoms with Crippen molar-refractivity contribution < 1.29 is 0 Å². The Kier molecular flexibility index (Phi) is 4.13. The lowest BCUT2D eigenvalue weighted by Gasteiger charge is -2.12. The topological polar surface area (TPSA) is 57.4 Å². The van der Waals surface area contributed by atoms with Crippen LogP contribution in [-0.4, -0.2) is 14.5 Å². The number of rotatable bonds is 3. The summed E-state index contributed by atoms with van der Waals surface area (Å²) in [7, 11) is 0. The third-order valence-electron chi connectivity index (χ3n) is 4.92. The molecule has 4 heteroatoms. The summed E-state index contributed by atoms with van der Waals surface area (Å²) >= 11 is 0. The van der Waals surface area contributed by atoms with Crippen molar-refractivity contribution in [2.75, 3.05) is 0 Å². The van der Waals surface area contributed by atoms with Crippen LogP contribution >= 0.6 is 0 Å². The molecular weight excluding hydrogens is 332 g/mol. The second-order valence-electron chi connectivity index (χ2n) is 6.80. The summed E-state index contributed by atoms with van der Waals surface area (Å²) in [5, 5.41) is 9.73. The number of hydrogen-bond donors (Lipinski definition) is 1. The van der Waals surface area contributed by atoms with Gasteiger partial charge < -0.3 is 9.55 Å². The van der Waals surface area contributed by atoms with E-state index >= 15 is 0 Å². The van der Waals surface area contributed by atoms with E-state index in [1.165, 1.54) is 11.1 Å². The first-order valence-electron chi connectivity index (χ1n) is 8.89. The molecule has 1 N–H and O–H groups in total. The van der Waals surface area contributed by atoms with Gasteiger partial charge in [0.15, 0.2) is 0 Å². The molecule has 0 bridgehead atoms. The van der Waals surface area contributed by atoms with Crippen LogP contribution in [0.4, 0.5) is 0 Å². The molecule has 4 nitrogen and oxygen atoms in total. The highest BCUT2D eigenvalue weighted by molar-refractivity contribution is 5.90. The van der Waals surface area contributed by atoms with Gasteiger partial charge in [0, 0.05) is 17.6 Å². The number of allylic oxidation sites excluding steroid dienone is 1. The second-order valence-corrected chi connectivity index (χ2v) is 6.80. The fourth-order valence-electron chi connectivity index (χ4n) is 3.28. The Morgan fingerprint density at radius 3 is 2.78 bits per heavy atom. The normalized spacial score (nSPS) is 11.7. The van der Waals surface area contributed by atoms with Crippen molar-refractivity contribution >= 4 is 22.7 Å². The Bertz CT molecular complexity index is 1210. The molecule has 0 aliphatic rings. The minimum atomic E-state index is 0.508. The van der Waals surface area contributed by atoms with Gasteiger partial charge in [-0.05, 0) is 73.9 Å². The van der Waals surface area contributed by atoms with E-state index < -0.39 is 0 Å². The number of fused-ring (bicyclic) bond motifs is 1. The van der Waals surface area contributed by atoms with Crippen LogP contribution < -0.4 is 0 Å². The highest BCUT2D eigenvalue weighted by atomic mass is 15.0. The molecule has 27 heavy (non-hydrogen) atoms. The molecule has 0 atom stereocenters. The van der Waals surface area contributed by atoms with E-state index in [1.54, 1.807) is 0 Å². The number of aromatic amines is 1. The van der Waals surface area contributed by atoms with Crippen LogP contribution in [0.1, 0.15) is 28.2 Å². The quantitative estimate of drug-likeness (QED) is 0.506.